The number of halogens is 3. The number of alkyl halides is 3. The Labute approximate surface area is 159 Å². The Balaban J connectivity index is 1.64. The van der Waals surface area contributed by atoms with Crippen molar-refractivity contribution in [2.24, 2.45) is 5.92 Å². The van der Waals surface area contributed by atoms with Crippen molar-refractivity contribution in [1.82, 2.24) is 0 Å². The van der Waals surface area contributed by atoms with E-state index in [1.165, 1.54) is 11.0 Å². The van der Waals surface area contributed by atoms with Gasteiger partial charge >= 0.3 is 12.1 Å². The van der Waals surface area contributed by atoms with E-state index in [1.807, 2.05) is 0 Å². The van der Waals surface area contributed by atoms with Gasteiger partial charge in [0.2, 0.25) is 5.91 Å². The molecule has 0 radical (unpaired) electrons. The molecular formula is C20H18F3NO4. The zero-order chi connectivity index (χ0) is 20.5. The monoisotopic (exact) mass is 393 g/mol. The average Bonchev–Trinajstić information content (AvgIpc) is 3.46. The lowest BCUT2D eigenvalue weighted by Crippen LogP contribution is -2.28. The molecule has 0 aliphatic heterocycles. The summed E-state index contributed by atoms with van der Waals surface area (Å²) >= 11 is 0. The van der Waals surface area contributed by atoms with E-state index in [0.29, 0.717) is 23.4 Å². The molecule has 3 rings (SSSR count). The van der Waals surface area contributed by atoms with Gasteiger partial charge in [-0.1, -0.05) is 18.2 Å². The lowest BCUT2D eigenvalue weighted by molar-refractivity contribution is -0.139. The molecule has 1 fully saturated rings. The van der Waals surface area contributed by atoms with Crippen molar-refractivity contribution in [3.05, 3.63) is 59.7 Å². The van der Waals surface area contributed by atoms with Crippen LogP contribution in [0.25, 0.3) is 0 Å². The minimum Gasteiger partial charge on any atom is -0.482 e. The van der Waals surface area contributed by atoms with Gasteiger partial charge in [-0.2, -0.15) is 13.2 Å². The number of benzene rings is 2. The van der Waals surface area contributed by atoms with Crippen LogP contribution in [0, 0.1) is 5.92 Å². The normalized spacial score (nSPS) is 18.4. The smallest absolute Gasteiger partial charge is 0.416 e. The number of nitrogens with zero attached hydrogens (tertiary/aromatic N) is 1. The van der Waals surface area contributed by atoms with Crippen molar-refractivity contribution in [3.8, 4) is 5.75 Å². The number of carbonyl (C=O) groups is 2. The van der Waals surface area contributed by atoms with Crippen molar-refractivity contribution in [3.63, 3.8) is 0 Å². The van der Waals surface area contributed by atoms with Gasteiger partial charge in [-0.05, 0) is 48.2 Å². The number of aliphatic carboxylic acids is 1. The van der Waals surface area contributed by atoms with Crippen LogP contribution in [0.15, 0.2) is 48.5 Å². The van der Waals surface area contributed by atoms with Gasteiger partial charge in [-0.15, -0.1) is 0 Å². The second-order valence-electron chi connectivity index (χ2n) is 6.65. The fraction of sp³-hybridized carbons (Fsp3) is 0.300. The van der Waals surface area contributed by atoms with E-state index in [2.05, 4.69) is 0 Å². The maximum absolute atomic E-state index is 12.9. The van der Waals surface area contributed by atoms with Crippen LogP contribution in [0.2, 0.25) is 0 Å². The standard InChI is InChI=1S/C20H18F3NO4/c1-24(14-5-7-15(8-6-14)28-11-18(25)26)19(27)17-10-16(17)12-3-2-4-13(9-12)20(21,22)23/h2-9,16-17H,10-11H2,1H3,(H,25,26). The van der Waals surface area contributed by atoms with Crippen LogP contribution in [0.3, 0.4) is 0 Å². The van der Waals surface area contributed by atoms with E-state index in [9.17, 15) is 22.8 Å². The Bertz CT molecular complexity index is 880. The first kappa shape index (κ1) is 19.7. The Morgan fingerprint density at radius 3 is 2.46 bits per heavy atom. The second-order valence-corrected chi connectivity index (χ2v) is 6.65. The van der Waals surface area contributed by atoms with E-state index >= 15 is 0 Å². The molecule has 1 N–H and O–H groups in total. The first-order chi connectivity index (χ1) is 13.2. The SMILES string of the molecule is CN(C(=O)C1CC1c1cccc(C(F)(F)F)c1)c1ccc(OCC(=O)O)cc1. The predicted molar refractivity (Wildman–Crippen MR) is 95.3 cm³/mol. The highest BCUT2D eigenvalue weighted by atomic mass is 19.4. The van der Waals surface area contributed by atoms with Gasteiger partial charge in [0.1, 0.15) is 5.75 Å². The van der Waals surface area contributed by atoms with Crippen molar-refractivity contribution in [2.45, 2.75) is 18.5 Å². The van der Waals surface area contributed by atoms with Gasteiger partial charge < -0.3 is 14.7 Å². The van der Waals surface area contributed by atoms with Crippen molar-refractivity contribution < 1.29 is 32.6 Å². The van der Waals surface area contributed by atoms with Crippen LogP contribution in [0.4, 0.5) is 18.9 Å². The largest absolute Gasteiger partial charge is 0.482 e. The topological polar surface area (TPSA) is 66.8 Å². The average molecular weight is 393 g/mol. The first-order valence-electron chi connectivity index (χ1n) is 8.56. The van der Waals surface area contributed by atoms with Crippen LogP contribution in [0.1, 0.15) is 23.5 Å². The lowest BCUT2D eigenvalue weighted by atomic mass is 10.0. The number of rotatable bonds is 6. The summed E-state index contributed by atoms with van der Waals surface area (Å²) in [6, 6.07) is 11.4. The fourth-order valence-electron chi connectivity index (χ4n) is 3.07. The Hall–Kier alpha value is -3.03. The zero-order valence-electron chi connectivity index (χ0n) is 14.9. The van der Waals surface area contributed by atoms with Crippen LogP contribution in [0.5, 0.6) is 5.75 Å². The molecule has 1 aliphatic carbocycles. The number of ether oxygens (including phenoxy) is 1. The second kappa shape index (κ2) is 7.53. The number of carboxylic acids is 1. The predicted octanol–water partition coefficient (Wildman–Crippen LogP) is 3.94. The molecule has 1 saturated carbocycles. The maximum atomic E-state index is 12.9. The molecule has 2 atom stereocenters. The molecule has 0 spiro atoms. The summed E-state index contributed by atoms with van der Waals surface area (Å²) in [7, 11) is 1.59. The molecule has 0 aromatic heterocycles. The van der Waals surface area contributed by atoms with Crippen molar-refractivity contribution in [1.29, 1.82) is 0 Å². The zero-order valence-corrected chi connectivity index (χ0v) is 14.9. The molecule has 1 aliphatic rings. The molecule has 148 valence electrons. The van der Waals surface area contributed by atoms with Gasteiger partial charge in [-0.3, -0.25) is 4.79 Å². The molecule has 0 bridgehead atoms. The number of carboxylic acid groups (broad SMARTS) is 1. The number of carbonyl (C=O) groups excluding carboxylic acids is 1. The molecular weight excluding hydrogens is 375 g/mol. The highest BCUT2D eigenvalue weighted by molar-refractivity contribution is 5.97. The lowest BCUT2D eigenvalue weighted by Gasteiger charge is -2.18. The van der Waals surface area contributed by atoms with Gasteiger partial charge in [0, 0.05) is 18.7 Å². The van der Waals surface area contributed by atoms with Crippen molar-refractivity contribution >= 4 is 17.6 Å². The number of hydrogen-bond acceptors (Lipinski definition) is 3. The quantitative estimate of drug-likeness (QED) is 0.808. The molecule has 5 nitrogen and oxygen atoms in total. The van der Waals surface area contributed by atoms with Crippen LogP contribution in [-0.2, 0) is 15.8 Å². The van der Waals surface area contributed by atoms with Crippen LogP contribution in [-0.4, -0.2) is 30.6 Å². The molecule has 2 aromatic rings. The molecule has 28 heavy (non-hydrogen) atoms. The molecule has 2 unspecified atom stereocenters. The molecule has 1 amide bonds. The van der Waals surface area contributed by atoms with Gasteiger partial charge in [0.25, 0.3) is 0 Å². The summed E-state index contributed by atoms with van der Waals surface area (Å²) in [6.07, 6.45) is -3.91. The third-order valence-corrected chi connectivity index (χ3v) is 4.67. The summed E-state index contributed by atoms with van der Waals surface area (Å²) in [5.41, 5.74) is 0.384. The van der Waals surface area contributed by atoms with Gasteiger partial charge in [0.05, 0.1) is 5.56 Å². The Morgan fingerprint density at radius 1 is 1.18 bits per heavy atom. The van der Waals surface area contributed by atoms with E-state index in [4.69, 9.17) is 9.84 Å². The molecule has 0 heterocycles. The third kappa shape index (κ3) is 4.44. The summed E-state index contributed by atoms with van der Waals surface area (Å²) in [4.78, 5) is 24.6. The van der Waals surface area contributed by atoms with E-state index < -0.39 is 24.3 Å². The minimum atomic E-state index is -4.41. The summed E-state index contributed by atoms with van der Waals surface area (Å²) in [5.74, 6) is -1.50. The van der Waals surface area contributed by atoms with Gasteiger partial charge in [0.15, 0.2) is 6.61 Å². The minimum absolute atomic E-state index is 0.179. The number of anilines is 1. The third-order valence-electron chi connectivity index (χ3n) is 4.67. The Morgan fingerprint density at radius 2 is 1.86 bits per heavy atom. The van der Waals surface area contributed by atoms with Crippen molar-refractivity contribution in [2.75, 3.05) is 18.6 Å². The van der Waals surface area contributed by atoms with E-state index in [-0.39, 0.29) is 17.7 Å². The summed E-state index contributed by atoms with van der Waals surface area (Å²) in [6.45, 7) is -0.463. The summed E-state index contributed by atoms with van der Waals surface area (Å²) in [5, 5.41) is 8.60. The fourth-order valence-corrected chi connectivity index (χ4v) is 3.07. The first-order valence-corrected chi connectivity index (χ1v) is 8.56. The van der Waals surface area contributed by atoms with E-state index in [1.54, 1.807) is 37.4 Å². The van der Waals surface area contributed by atoms with Crippen LogP contribution < -0.4 is 9.64 Å². The molecule has 0 saturated heterocycles. The van der Waals surface area contributed by atoms with Gasteiger partial charge in [-0.25, -0.2) is 4.79 Å². The van der Waals surface area contributed by atoms with E-state index in [0.717, 1.165) is 12.1 Å². The molecule has 8 heteroatoms. The number of hydrogen-bond donors (Lipinski definition) is 1. The highest BCUT2D eigenvalue weighted by Crippen LogP contribution is 2.49. The van der Waals surface area contributed by atoms with Crippen LogP contribution >= 0.6 is 0 Å². The number of amides is 1. The Kier molecular flexibility index (Phi) is 5.31. The highest BCUT2D eigenvalue weighted by Gasteiger charge is 2.46. The molecule has 2 aromatic carbocycles. The summed E-state index contributed by atoms with van der Waals surface area (Å²) < 4.78 is 43.7. The maximum Gasteiger partial charge on any atom is 0.416 e.